The van der Waals surface area contributed by atoms with Crippen LogP contribution >= 0.6 is 12.2 Å². The molecule has 2 rings (SSSR count). The van der Waals surface area contributed by atoms with Gasteiger partial charge < -0.3 is 10.4 Å². The van der Waals surface area contributed by atoms with Gasteiger partial charge in [-0.05, 0) is 37.3 Å². The fraction of sp³-hybridized carbons (Fsp3) is 0.300. The number of halogens is 4. The molecule has 0 saturated carbocycles. The standard InChI is InChI=1S/C20H20F4N2O2S/c1-19(13-10-6-7-11-14(13)21,15(22)16(27)20(2,23)24)26-18(29)25-17(28)12-8-4-3-5-9-12/h3-11,15-16,27H,1-2H3,(H2,25,26,28,29)/t15-,16-,19+/m0/s1. The number of alkyl halides is 3. The van der Waals surface area contributed by atoms with E-state index >= 15 is 4.39 Å². The molecule has 1 amide bonds. The third-order valence-electron chi connectivity index (χ3n) is 4.42. The first-order valence-electron chi connectivity index (χ1n) is 8.60. The second-order valence-electron chi connectivity index (χ2n) is 6.76. The van der Waals surface area contributed by atoms with Crippen molar-refractivity contribution in [3.63, 3.8) is 0 Å². The lowest BCUT2D eigenvalue weighted by molar-refractivity contribution is -0.138. The first-order chi connectivity index (χ1) is 13.5. The molecule has 2 aromatic rings. The topological polar surface area (TPSA) is 61.4 Å². The number of aliphatic hydroxyl groups is 1. The van der Waals surface area contributed by atoms with Gasteiger partial charge in [0.05, 0.1) is 5.54 Å². The van der Waals surface area contributed by atoms with Gasteiger partial charge in [0.15, 0.2) is 17.4 Å². The molecule has 3 N–H and O–H groups in total. The molecule has 3 atom stereocenters. The SMILES string of the molecule is CC(F)(F)[C@@H](O)[C@H](F)[C@](C)(NC(=S)NC(=O)c1ccccc1)c1ccccc1F. The first-order valence-corrected chi connectivity index (χ1v) is 9.01. The van der Waals surface area contributed by atoms with Gasteiger partial charge in [-0.25, -0.2) is 17.6 Å². The van der Waals surface area contributed by atoms with Gasteiger partial charge in [-0.15, -0.1) is 0 Å². The Balaban J connectivity index is 2.34. The van der Waals surface area contributed by atoms with Gasteiger partial charge in [0, 0.05) is 18.1 Å². The zero-order valence-corrected chi connectivity index (χ0v) is 16.4. The molecular weight excluding hydrogens is 408 g/mol. The summed E-state index contributed by atoms with van der Waals surface area (Å²) in [4.78, 5) is 12.2. The van der Waals surface area contributed by atoms with E-state index in [0.29, 0.717) is 6.92 Å². The number of benzene rings is 2. The number of hydrogen-bond donors (Lipinski definition) is 3. The minimum absolute atomic E-state index is 0.251. The fourth-order valence-corrected chi connectivity index (χ4v) is 3.08. The molecule has 0 radical (unpaired) electrons. The smallest absolute Gasteiger partial charge is 0.273 e. The molecule has 0 spiro atoms. The highest BCUT2D eigenvalue weighted by Gasteiger charge is 2.50. The highest BCUT2D eigenvalue weighted by Crippen LogP contribution is 2.35. The van der Waals surface area contributed by atoms with Crippen molar-refractivity contribution in [2.45, 2.75) is 37.6 Å². The molecule has 0 aromatic heterocycles. The highest BCUT2D eigenvalue weighted by molar-refractivity contribution is 7.80. The number of aliphatic hydroxyl groups excluding tert-OH is 1. The van der Waals surface area contributed by atoms with Crippen molar-refractivity contribution in [1.29, 1.82) is 0 Å². The van der Waals surface area contributed by atoms with E-state index in [1.54, 1.807) is 18.2 Å². The lowest BCUT2D eigenvalue weighted by Crippen LogP contribution is -2.59. The average Bonchev–Trinajstić information content (AvgIpc) is 2.66. The van der Waals surface area contributed by atoms with Gasteiger partial charge in [-0.2, -0.15) is 0 Å². The van der Waals surface area contributed by atoms with Crippen LogP contribution in [0.2, 0.25) is 0 Å². The Hall–Kier alpha value is -2.52. The number of thiocarbonyl (C=S) groups is 1. The third-order valence-corrected chi connectivity index (χ3v) is 4.62. The molecule has 29 heavy (non-hydrogen) atoms. The Kier molecular flexibility index (Phi) is 6.97. The molecule has 0 aliphatic rings. The van der Waals surface area contributed by atoms with Gasteiger partial charge in [-0.1, -0.05) is 36.4 Å². The normalized spacial score (nSPS) is 15.7. The van der Waals surface area contributed by atoms with Crippen LogP contribution in [-0.2, 0) is 5.54 Å². The van der Waals surface area contributed by atoms with Crippen LogP contribution < -0.4 is 10.6 Å². The molecule has 0 aliphatic heterocycles. The van der Waals surface area contributed by atoms with Crippen LogP contribution in [0.5, 0.6) is 0 Å². The second-order valence-corrected chi connectivity index (χ2v) is 7.17. The van der Waals surface area contributed by atoms with Gasteiger partial charge in [0.25, 0.3) is 11.8 Å². The maximum Gasteiger partial charge on any atom is 0.273 e. The average molecular weight is 428 g/mol. The van der Waals surface area contributed by atoms with Crippen LogP contribution in [0.15, 0.2) is 54.6 Å². The van der Waals surface area contributed by atoms with Crippen molar-refractivity contribution in [3.8, 4) is 0 Å². The van der Waals surface area contributed by atoms with E-state index in [2.05, 4.69) is 10.6 Å². The maximum absolute atomic E-state index is 15.1. The Morgan fingerprint density at radius 3 is 2.17 bits per heavy atom. The molecule has 0 unspecified atom stereocenters. The molecule has 4 nitrogen and oxygen atoms in total. The summed E-state index contributed by atoms with van der Waals surface area (Å²) in [6.07, 6.45) is -5.43. The summed E-state index contributed by atoms with van der Waals surface area (Å²) in [5.41, 5.74) is -2.29. The largest absolute Gasteiger partial charge is 0.384 e. The zero-order chi connectivity index (χ0) is 21.8. The van der Waals surface area contributed by atoms with Crippen LogP contribution in [0.1, 0.15) is 29.8 Å². The number of amides is 1. The number of rotatable bonds is 6. The van der Waals surface area contributed by atoms with Crippen LogP contribution in [-0.4, -0.2) is 34.3 Å². The van der Waals surface area contributed by atoms with E-state index in [1.807, 2.05) is 0 Å². The molecule has 0 saturated heterocycles. The van der Waals surface area contributed by atoms with Crippen LogP contribution in [0.25, 0.3) is 0 Å². The molecule has 2 aromatic carbocycles. The van der Waals surface area contributed by atoms with E-state index in [-0.39, 0.29) is 11.1 Å². The van der Waals surface area contributed by atoms with E-state index < -0.39 is 40.6 Å². The van der Waals surface area contributed by atoms with E-state index in [1.165, 1.54) is 30.3 Å². The maximum atomic E-state index is 15.1. The lowest BCUT2D eigenvalue weighted by atomic mass is 9.83. The van der Waals surface area contributed by atoms with Crippen molar-refractivity contribution < 1.29 is 27.5 Å². The molecule has 0 bridgehead atoms. The number of hydrogen-bond acceptors (Lipinski definition) is 3. The Morgan fingerprint density at radius 2 is 1.62 bits per heavy atom. The van der Waals surface area contributed by atoms with Crippen molar-refractivity contribution >= 4 is 23.2 Å². The van der Waals surface area contributed by atoms with Crippen molar-refractivity contribution in [2.75, 3.05) is 0 Å². The van der Waals surface area contributed by atoms with E-state index in [0.717, 1.165) is 13.0 Å². The minimum Gasteiger partial charge on any atom is -0.384 e. The van der Waals surface area contributed by atoms with Gasteiger partial charge in [0.2, 0.25) is 0 Å². The Labute approximate surface area is 170 Å². The summed E-state index contributed by atoms with van der Waals surface area (Å²) in [6, 6.07) is 12.9. The molecule has 0 aliphatic carbocycles. The minimum atomic E-state index is -3.80. The van der Waals surface area contributed by atoms with Gasteiger partial charge in [0.1, 0.15) is 5.82 Å². The van der Waals surface area contributed by atoms with Crippen molar-refractivity contribution in [2.24, 2.45) is 0 Å². The quantitative estimate of drug-likeness (QED) is 0.485. The van der Waals surface area contributed by atoms with Crippen LogP contribution in [0, 0.1) is 5.82 Å². The number of nitrogens with one attached hydrogen (secondary N) is 2. The predicted octanol–water partition coefficient (Wildman–Crippen LogP) is 3.70. The monoisotopic (exact) mass is 428 g/mol. The molecule has 156 valence electrons. The summed E-state index contributed by atoms with van der Waals surface area (Å²) in [5.74, 6) is -5.33. The Morgan fingerprint density at radius 1 is 1.07 bits per heavy atom. The summed E-state index contributed by atoms with van der Waals surface area (Å²) in [5, 5.41) is 14.1. The summed E-state index contributed by atoms with van der Waals surface area (Å²) < 4.78 is 56.6. The van der Waals surface area contributed by atoms with Crippen LogP contribution in [0.3, 0.4) is 0 Å². The molecule has 0 heterocycles. The number of carbonyl (C=O) groups is 1. The van der Waals surface area contributed by atoms with Gasteiger partial charge >= 0.3 is 0 Å². The fourth-order valence-electron chi connectivity index (χ4n) is 2.77. The van der Waals surface area contributed by atoms with Crippen molar-refractivity contribution in [1.82, 2.24) is 10.6 Å². The van der Waals surface area contributed by atoms with E-state index in [4.69, 9.17) is 12.2 Å². The molecule has 9 heteroatoms. The predicted molar refractivity (Wildman–Crippen MR) is 105 cm³/mol. The van der Waals surface area contributed by atoms with Gasteiger partial charge in [-0.3, -0.25) is 10.1 Å². The summed E-state index contributed by atoms with van der Waals surface area (Å²) in [7, 11) is 0. The zero-order valence-electron chi connectivity index (χ0n) is 15.6. The van der Waals surface area contributed by atoms with Crippen LogP contribution in [0.4, 0.5) is 17.6 Å². The summed E-state index contributed by atoms with van der Waals surface area (Å²) in [6.45, 7) is 1.42. The first kappa shape index (κ1) is 22.8. The lowest BCUT2D eigenvalue weighted by Gasteiger charge is -2.39. The number of carbonyl (C=O) groups excluding carboxylic acids is 1. The second kappa shape index (κ2) is 8.87. The highest BCUT2D eigenvalue weighted by atomic mass is 32.1. The third kappa shape index (κ3) is 5.30. The Bertz CT molecular complexity index is 876. The van der Waals surface area contributed by atoms with E-state index in [9.17, 15) is 23.1 Å². The molecule has 0 fully saturated rings. The van der Waals surface area contributed by atoms with Crippen molar-refractivity contribution in [3.05, 3.63) is 71.5 Å². The summed E-state index contributed by atoms with van der Waals surface area (Å²) >= 11 is 5.02. The molecular formula is C20H20F4N2O2S.